The molecule has 0 radical (unpaired) electrons. The molecule has 2 aromatic carbocycles. The monoisotopic (exact) mass is 424 g/mol. The number of hydrogen-bond acceptors (Lipinski definition) is 6. The van der Waals surface area contributed by atoms with Crippen molar-refractivity contribution in [2.24, 2.45) is 0 Å². The number of amides is 1. The van der Waals surface area contributed by atoms with Gasteiger partial charge in [-0.2, -0.15) is 0 Å². The van der Waals surface area contributed by atoms with E-state index in [9.17, 15) is 14.7 Å². The van der Waals surface area contributed by atoms with Crippen LogP contribution in [0.15, 0.2) is 54.1 Å². The Labute approximate surface area is 182 Å². The van der Waals surface area contributed by atoms with E-state index in [1.807, 2.05) is 25.1 Å². The molecule has 1 N–H and O–H groups in total. The van der Waals surface area contributed by atoms with Crippen LogP contribution in [-0.2, 0) is 9.59 Å². The van der Waals surface area contributed by atoms with E-state index >= 15 is 0 Å². The Morgan fingerprint density at radius 3 is 2.35 bits per heavy atom. The molecule has 7 nitrogen and oxygen atoms in total. The van der Waals surface area contributed by atoms with Crippen molar-refractivity contribution in [2.45, 2.75) is 12.5 Å². The average Bonchev–Trinajstić information content (AvgIpc) is 3.03. The second-order valence-corrected chi connectivity index (χ2v) is 7.60. The molecule has 1 fully saturated rings. The summed E-state index contributed by atoms with van der Waals surface area (Å²) in [4.78, 5) is 29.6. The molecule has 1 aliphatic heterocycles. The number of carbonyl (C=O) groups is 2. The Morgan fingerprint density at radius 2 is 1.74 bits per heavy atom. The molecule has 1 aliphatic rings. The number of likely N-dealkylation sites (tertiary alicyclic amines) is 1. The molecule has 31 heavy (non-hydrogen) atoms. The van der Waals surface area contributed by atoms with Gasteiger partial charge in [-0.15, -0.1) is 0 Å². The van der Waals surface area contributed by atoms with Crippen LogP contribution in [0.25, 0.3) is 5.76 Å². The molecule has 2 aromatic rings. The van der Waals surface area contributed by atoms with Crippen molar-refractivity contribution in [2.75, 3.05) is 41.4 Å². The molecule has 0 aliphatic carbocycles. The summed E-state index contributed by atoms with van der Waals surface area (Å²) in [6.45, 7) is 1.11. The van der Waals surface area contributed by atoms with E-state index in [-0.39, 0.29) is 11.3 Å². The summed E-state index contributed by atoms with van der Waals surface area (Å²) in [7, 11) is 6.94. The van der Waals surface area contributed by atoms with Crippen molar-refractivity contribution in [3.63, 3.8) is 0 Å². The fraction of sp³-hybridized carbons (Fsp3) is 0.333. The van der Waals surface area contributed by atoms with Crippen LogP contribution in [0.3, 0.4) is 0 Å². The zero-order chi connectivity index (χ0) is 22.5. The maximum Gasteiger partial charge on any atom is 0.295 e. The van der Waals surface area contributed by atoms with Gasteiger partial charge >= 0.3 is 0 Å². The highest BCUT2D eigenvalue weighted by molar-refractivity contribution is 6.46. The number of benzene rings is 2. The maximum absolute atomic E-state index is 13.1. The summed E-state index contributed by atoms with van der Waals surface area (Å²) in [5.74, 6) is -0.636. The molecule has 0 spiro atoms. The highest BCUT2D eigenvalue weighted by Crippen LogP contribution is 2.45. The molecule has 0 aromatic heterocycles. The summed E-state index contributed by atoms with van der Waals surface area (Å²) >= 11 is 0. The van der Waals surface area contributed by atoms with Crippen LogP contribution in [0.1, 0.15) is 23.6 Å². The number of aliphatic hydroxyl groups is 1. The molecular formula is C24H28N2O5. The highest BCUT2D eigenvalue weighted by Gasteiger charge is 2.47. The molecule has 1 amide bonds. The SMILES string of the molecule is COc1cccc([C@@H]2C(=C(O)c3ccccc3)C(=O)C(=O)N2CCCN(C)C)c1OC. The van der Waals surface area contributed by atoms with Gasteiger partial charge in [0.05, 0.1) is 25.8 Å². The van der Waals surface area contributed by atoms with Crippen molar-refractivity contribution >= 4 is 17.4 Å². The van der Waals surface area contributed by atoms with E-state index in [0.717, 1.165) is 6.54 Å². The van der Waals surface area contributed by atoms with Crippen molar-refractivity contribution in [3.05, 3.63) is 65.2 Å². The van der Waals surface area contributed by atoms with Crippen molar-refractivity contribution in [1.29, 1.82) is 0 Å². The van der Waals surface area contributed by atoms with E-state index < -0.39 is 17.7 Å². The first-order chi connectivity index (χ1) is 14.9. The van der Waals surface area contributed by atoms with E-state index in [1.165, 1.54) is 19.1 Å². The number of rotatable bonds is 8. The fourth-order valence-electron chi connectivity index (χ4n) is 3.87. The zero-order valence-corrected chi connectivity index (χ0v) is 18.3. The number of carbonyl (C=O) groups excluding carboxylic acids is 2. The van der Waals surface area contributed by atoms with Gasteiger partial charge in [0.2, 0.25) is 0 Å². The van der Waals surface area contributed by atoms with Gasteiger partial charge < -0.3 is 24.4 Å². The van der Waals surface area contributed by atoms with E-state index in [2.05, 4.69) is 0 Å². The molecule has 7 heteroatoms. The Balaban J connectivity index is 2.18. The number of methoxy groups -OCH3 is 2. The van der Waals surface area contributed by atoms with Gasteiger partial charge in [0.25, 0.3) is 11.7 Å². The maximum atomic E-state index is 13.1. The summed E-state index contributed by atoms with van der Waals surface area (Å²) in [6.07, 6.45) is 0.675. The zero-order valence-electron chi connectivity index (χ0n) is 18.3. The summed E-state index contributed by atoms with van der Waals surface area (Å²) < 4.78 is 11.0. The van der Waals surface area contributed by atoms with Crippen LogP contribution < -0.4 is 9.47 Å². The van der Waals surface area contributed by atoms with Gasteiger partial charge in [0, 0.05) is 17.7 Å². The lowest BCUT2D eigenvalue weighted by molar-refractivity contribution is -0.140. The van der Waals surface area contributed by atoms with E-state index in [4.69, 9.17) is 9.47 Å². The Kier molecular flexibility index (Phi) is 6.97. The van der Waals surface area contributed by atoms with Gasteiger partial charge in [-0.25, -0.2) is 0 Å². The van der Waals surface area contributed by atoms with Gasteiger partial charge in [0.15, 0.2) is 11.5 Å². The predicted molar refractivity (Wildman–Crippen MR) is 118 cm³/mol. The van der Waals surface area contributed by atoms with Crippen LogP contribution in [0, 0.1) is 0 Å². The number of nitrogens with zero attached hydrogens (tertiary/aromatic N) is 2. The average molecular weight is 424 g/mol. The van der Waals surface area contributed by atoms with Crippen LogP contribution >= 0.6 is 0 Å². The minimum Gasteiger partial charge on any atom is -0.507 e. The third-order valence-corrected chi connectivity index (χ3v) is 5.32. The van der Waals surface area contributed by atoms with Crippen LogP contribution in [0.2, 0.25) is 0 Å². The predicted octanol–water partition coefficient (Wildman–Crippen LogP) is 3.08. The topological polar surface area (TPSA) is 79.3 Å². The summed E-state index contributed by atoms with van der Waals surface area (Å²) in [5, 5.41) is 11.1. The molecule has 1 atom stereocenters. The molecule has 0 bridgehead atoms. The van der Waals surface area contributed by atoms with Gasteiger partial charge in [0.1, 0.15) is 5.76 Å². The quantitative estimate of drug-likeness (QED) is 0.399. The molecule has 164 valence electrons. The second-order valence-electron chi connectivity index (χ2n) is 7.60. The number of para-hydroxylation sites is 1. The van der Waals surface area contributed by atoms with Crippen LogP contribution in [0.4, 0.5) is 0 Å². The third-order valence-electron chi connectivity index (χ3n) is 5.32. The first-order valence-corrected chi connectivity index (χ1v) is 10.1. The largest absolute Gasteiger partial charge is 0.507 e. The first kappa shape index (κ1) is 22.4. The fourth-order valence-corrected chi connectivity index (χ4v) is 3.87. The Morgan fingerprint density at radius 1 is 1.03 bits per heavy atom. The molecule has 1 heterocycles. The standard InChI is InChI=1S/C24H28N2O5/c1-25(2)14-9-15-26-20(17-12-8-13-18(30-3)23(17)31-4)19(22(28)24(26)29)21(27)16-10-6-5-7-11-16/h5-8,10-13,20,27H,9,14-15H2,1-4H3/t20-/m1/s1. The minimum absolute atomic E-state index is 0.0487. The highest BCUT2D eigenvalue weighted by atomic mass is 16.5. The lowest BCUT2D eigenvalue weighted by atomic mass is 9.94. The molecule has 0 saturated carbocycles. The smallest absolute Gasteiger partial charge is 0.295 e. The number of ether oxygens (including phenoxy) is 2. The van der Waals surface area contributed by atoms with Crippen molar-refractivity contribution < 1.29 is 24.2 Å². The number of aliphatic hydroxyl groups excluding tert-OH is 1. The lowest BCUT2D eigenvalue weighted by Crippen LogP contribution is -2.32. The first-order valence-electron chi connectivity index (χ1n) is 10.1. The molecule has 1 saturated heterocycles. The second kappa shape index (κ2) is 9.66. The normalized spacial score (nSPS) is 18.0. The Bertz CT molecular complexity index is 985. The van der Waals surface area contributed by atoms with Crippen molar-refractivity contribution in [1.82, 2.24) is 9.80 Å². The number of Topliss-reactive ketones (excluding diaryl/α,β-unsaturated/α-hetero) is 1. The van der Waals surface area contributed by atoms with Gasteiger partial charge in [-0.1, -0.05) is 42.5 Å². The van der Waals surface area contributed by atoms with Crippen LogP contribution in [-0.4, -0.2) is 68.0 Å². The molecule has 3 rings (SSSR count). The van der Waals surface area contributed by atoms with E-state index in [0.29, 0.717) is 35.6 Å². The van der Waals surface area contributed by atoms with Gasteiger partial charge in [-0.3, -0.25) is 9.59 Å². The Hall–Kier alpha value is -3.32. The number of ketones is 1. The van der Waals surface area contributed by atoms with E-state index in [1.54, 1.807) is 42.5 Å². The number of hydrogen-bond donors (Lipinski definition) is 1. The minimum atomic E-state index is -0.785. The van der Waals surface area contributed by atoms with Crippen LogP contribution in [0.5, 0.6) is 11.5 Å². The van der Waals surface area contributed by atoms with Gasteiger partial charge in [-0.05, 0) is 33.1 Å². The summed E-state index contributed by atoms with van der Waals surface area (Å²) in [5.41, 5.74) is 1.11. The molecule has 0 unspecified atom stereocenters. The van der Waals surface area contributed by atoms with Crippen molar-refractivity contribution in [3.8, 4) is 11.5 Å². The molecular weight excluding hydrogens is 396 g/mol. The lowest BCUT2D eigenvalue weighted by Gasteiger charge is -2.27. The third kappa shape index (κ3) is 4.41. The summed E-state index contributed by atoms with van der Waals surface area (Å²) in [6, 6.07) is 13.3.